The first-order chi connectivity index (χ1) is 8.68. The van der Waals surface area contributed by atoms with Crippen molar-refractivity contribution in [1.82, 2.24) is 9.66 Å². The molecule has 4 N–H and O–H groups in total. The third-order valence-corrected chi connectivity index (χ3v) is 3.62. The Kier molecular flexibility index (Phi) is 2.31. The Morgan fingerprint density at radius 2 is 1.94 bits per heavy atom. The number of hydrogen-bond acceptors (Lipinski definition) is 5. The van der Waals surface area contributed by atoms with E-state index in [1.54, 1.807) is 0 Å². The van der Waals surface area contributed by atoms with E-state index in [0.717, 1.165) is 15.8 Å². The van der Waals surface area contributed by atoms with E-state index >= 15 is 0 Å². The number of nitrogens with two attached hydrogens (primary N) is 2. The quantitative estimate of drug-likeness (QED) is 0.646. The third kappa shape index (κ3) is 1.46. The maximum absolute atomic E-state index is 12.1. The highest BCUT2D eigenvalue weighted by Gasteiger charge is 2.14. The Balaban J connectivity index is 2.40. The van der Waals surface area contributed by atoms with Gasteiger partial charge in [-0.05, 0) is 5.56 Å². The largest absolute Gasteiger partial charge is 0.368 e. The molecule has 0 unspecified atom stereocenters. The number of anilines is 1. The monoisotopic (exact) mass is 258 g/mol. The van der Waals surface area contributed by atoms with Crippen molar-refractivity contribution in [3.63, 3.8) is 0 Å². The molecule has 0 aliphatic heterocycles. The average Bonchev–Trinajstić information content (AvgIpc) is 2.81. The molecule has 2 heterocycles. The highest BCUT2D eigenvalue weighted by Crippen LogP contribution is 2.30. The zero-order valence-corrected chi connectivity index (χ0v) is 10.1. The molecular formula is C12H10N4OS. The second kappa shape index (κ2) is 3.85. The molecule has 0 bridgehead atoms. The summed E-state index contributed by atoms with van der Waals surface area (Å²) in [5.74, 6) is 5.60. The van der Waals surface area contributed by atoms with E-state index in [4.69, 9.17) is 11.6 Å². The summed E-state index contributed by atoms with van der Waals surface area (Å²) in [5.41, 5.74) is 7.05. The van der Waals surface area contributed by atoms with Gasteiger partial charge < -0.3 is 11.6 Å². The Labute approximate surface area is 106 Å². The van der Waals surface area contributed by atoms with Gasteiger partial charge in [-0.1, -0.05) is 30.3 Å². The summed E-state index contributed by atoms with van der Waals surface area (Å²) in [6.07, 6.45) is 0. The van der Waals surface area contributed by atoms with Crippen molar-refractivity contribution in [3.05, 3.63) is 46.1 Å². The fourth-order valence-electron chi connectivity index (χ4n) is 1.85. The first kappa shape index (κ1) is 10.8. The van der Waals surface area contributed by atoms with Crippen LogP contribution >= 0.6 is 11.3 Å². The lowest BCUT2D eigenvalue weighted by molar-refractivity contribution is 0.936. The van der Waals surface area contributed by atoms with Gasteiger partial charge in [0.2, 0.25) is 5.95 Å². The lowest BCUT2D eigenvalue weighted by Gasteiger charge is -2.03. The lowest BCUT2D eigenvalue weighted by atomic mass is 10.1. The van der Waals surface area contributed by atoms with Crippen molar-refractivity contribution in [2.75, 3.05) is 11.6 Å². The van der Waals surface area contributed by atoms with Crippen molar-refractivity contribution in [3.8, 4) is 11.1 Å². The smallest absolute Gasteiger partial charge is 0.282 e. The highest BCUT2D eigenvalue weighted by atomic mass is 32.1. The van der Waals surface area contributed by atoms with Crippen molar-refractivity contribution in [2.45, 2.75) is 0 Å². The minimum atomic E-state index is -0.322. The number of nitrogens with zero attached hydrogens (tertiary/aromatic N) is 2. The maximum atomic E-state index is 12.1. The second-order valence-electron chi connectivity index (χ2n) is 3.84. The predicted octanol–water partition coefficient (Wildman–Crippen LogP) is 1.42. The van der Waals surface area contributed by atoms with E-state index in [1.807, 2.05) is 35.7 Å². The van der Waals surface area contributed by atoms with Crippen LogP contribution in [-0.2, 0) is 0 Å². The average molecular weight is 258 g/mol. The van der Waals surface area contributed by atoms with E-state index in [1.165, 1.54) is 11.3 Å². The standard InChI is InChI=1S/C12H10N4OS/c13-12-15-10-9(11(17)16(12)14)8(6-18-10)7-4-2-1-3-5-7/h1-6H,14H2,(H2,13,15). The number of benzene rings is 1. The molecule has 0 fully saturated rings. The Hall–Kier alpha value is -2.34. The molecule has 18 heavy (non-hydrogen) atoms. The van der Waals surface area contributed by atoms with Gasteiger partial charge >= 0.3 is 0 Å². The van der Waals surface area contributed by atoms with Crippen LogP contribution in [0, 0.1) is 0 Å². The van der Waals surface area contributed by atoms with Gasteiger partial charge in [-0.2, -0.15) is 4.68 Å². The molecule has 0 atom stereocenters. The minimum absolute atomic E-state index is 0.0222. The molecule has 5 nitrogen and oxygen atoms in total. The summed E-state index contributed by atoms with van der Waals surface area (Å²) in [6, 6.07) is 9.65. The van der Waals surface area contributed by atoms with Crippen LogP contribution in [-0.4, -0.2) is 9.66 Å². The van der Waals surface area contributed by atoms with Crippen molar-refractivity contribution < 1.29 is 0 Å². The second-order valence-corrected chi connectivity index (χ2v) is 4.70. The first-order valence-electron chi connectivity index (χ1n) is 5.28. The van der Waals surface area contributed by atoms with Crippen LogP contribution in [0.4, 0.5) is 5.95 Å². The van der Waals surface area contributed by atoms with Crippen molar-refractivity contribution in [2.24, 2.45) is 0 Å². The van der Waals surface area contributed by atoms with Crippen LogP contribution < -0.4 is 17.1 Å². The molecule has 0 aliphatic carbocycles. The summed E-state index contributed by atoms with van der Waals surface area (Å²) in [4.78, 5) is 16.9. The van der Waals surface area contributed by atoms with E-state index in [2.05, 4.69) is 4.98 Å². The summed E-state index contributed by atoms with van der Waals surface area (Å²) in [6.45, 7) is 0. The van der Waals surface area contributed by atoms with Gasteiger partial charge in [0.25, 0.3) is 5.56 Å². The number of fused-ring (bicyclic) bond motifs is 1. The molecule has 0 amide bonds. The Morgan fingerprint density at radius 3 is 2.67 bits per heavy atom. The fourth-order valence-corrected chi connectivity index (χ4v) is 2.79. The van der Waals surface area contributed by atoms with Crippen LogP contribution in [0.2, 0.25) is 0 Å². The Morgan fingerprint density at radius 1 is 1.22 bits per heavy atom. The van der Waals surface area contributed by atoms with Gasteiger partial charge in [0.15, 0.2) is 0 Å². The zero-order valence-electron chi connectivity index (χ0n) is 9.33. The van der Waals surface area contributed by atoms with Crippen molar-refractivity contribution in [1.29, 1.82) is 0 Å². The van der Waals surface area contributed by atoms with E-state index in [-0.39, 0.29) is 11.5 Å². The number of rotatable bonds is 1. The summed E-state index contributed by atoms with van der Waals surface area (Å²) >= 11 is 1.39. The Bertz CT molecular complexity index is 776. The SMILES string of the molecule is Nc1nc2scc(-c3ccccc3)c2c(=O)n1N. The normalized spacial score (nSPS) is 10.9. The van der Waals surface area contributed by atoms with Crippen LogP contribution in [0.25, 0.3) is 21.3 Å². The molecule has 1 aromatic carbocycles. The zero-order chi connectivity index (χ0) is 12.7. The molecule has 3 rings (SSSR count). The summed E-state index contributed by atoms with van der Waals surface area (Å²) in [7, 11) is 0. The van der Waals surface area contributed by atoms with E-state index < -0.39 is 0 Å². The van der Waals surface area contributed by atoms with Crippen LogP contribution in [0.15, 0.2) is 40.5 Å². The first-order valence-corrected chi connectivity index (χ1v) is 6.16. The summed E-state index contributed by atoms with van der Waals surface area (Å²) in [5, 5.41) is 2.41. The van der Waals surface area contributed by atoms with Gasteiger partial charge in [-0.3, -0.25) is 4.79 Å². The van der Waals surface area contributed by atoms with Gasteiger partial charge in [0.05, 0.1) is 5.39 Å². The van der Waals surface area contributed by atoms with E-state index in [9.17, 15) is 4.79 Å². The molecule has 0 aliphatic rings. The number of thiophene rings is 1. The molecule has 0 saturated carbocycles. The molecule has 6 heteroatoms. The molecular weight excluding hydrogens is 248 g/mol. The number of hydrogen-bond donors (Lipinski definition) is 2. The number of nitrogen functional groups attached to an aromatic ring is 2. The molecule has 0 spiro atoms. The number of aromatic nitrogens is 2. The molecule has 3 aromatic rings. The topological polar surface area (TPSA) is 86.9 Å². The third-order valence-electron chi connectivity index (χ3n) is 2.75. The highest BCUT2D eigenvalue weighted by molar-refractivity contribution is 7.17. The molecule has 0 radical (unpaired) electrons. The van der Waals surface area contributed by atoms with Crippen LogP contribution in [0.5, 0.6) is 0 Å². The van der Waals surface area contributed by atoms with E-state index in [0.29, 0.717) is 10.2 Å². The predicted molar refractivity (Wildman–Crippen MR) is 73.9 cm³/mol. The van der Waals surface area contributed by atoms with Crippen LogP contribution in [0.3, 0.4) is 0 Å². The van der Waals surface area contributed by atoms with Gasteiger partial charge in [-0.15, -0.1) is 11.3 Å². The molecule has 90 valence electrons. The minimum Gasteiger partial charge on any atom is -0.368 e. The lowest BCUT2D eigenvalue weighted by Crippen LogP contribution is -2.30. The molecule has 2 aromatic heterocycles. The summed E-state index contributed by atoms with van der Waals surface area (Å²) < 4.78 is 0.876. The maximum Gasteiger partial charge on any atom is 0.282 e. The fraction of sp³-hybridized carbons (Fsp3) is 0. The van der Waals surface area contributed by atoms with Crippen molar-refractivity contribution >= 4 is 27.5 Å². The van der Waals surface area contributed by atoms with Gasteiger partial charge in [-0.25, -0.2) is 4.98 Å². The van der Waals surface area contributed by atoms with Gasteiger partial charge in [0, 0.05) is 10.9 Å². The van der Waals surface area contributed by atoms with Gasteiger partial charge in [0.1, 0.15) is 4.83 Å². The van der Waals surface area contributed by atoms with Crippen LogP contribution in [0.1, 0.15) is 0 Å². The molecule has 0 saturated heterocycles.